The van der Waals surface area contributed by atoms with Crippen LogP contribution in [0.1, 0.15) is 42.0 Å². The van der Waals surface area contributed by atoms with E-state index in [1.54, 1.807) is 7.11 Å². The van der Waals surface area contributed by atoms with Crippen molar-refractivity contribution < 1.29 is 14.2 Å². The summed E-state index contributed by atoms with van der Waals surface area (Å²) in [5.74, 6) is 3.12. The quantitative estimate of drug-likeness (QED) is 0.287. The molecule has 4 aromatic rings. The molecule has 192 valence electrons. The van der Waals surface area contributed by atoms with Crippen molar-refractivity contribution in [1.29, 1.82) is 0 Å². The first kappa shape index (κ1) is 24.1. The fourth-order valence-corrected chi connectivity index (χ4v) is 6.06. The highest BCUT2D eigenvalue weighted by atomic mass is 16.5. The number of nitrogens with zero attached hydrogens (tertiary/aromatic N) is 1. The number of hydrogen-bond acceptors (Lipinski definition) is 4. The van der Waals surface area contributed by atoms with Gasteiger partial charge >= 0.3 is 0 Å². The average molecular weight is 497 g/mol. The molecule has 0 radical (unpaired) electrons. The molecule has 3 heterocycles. The van der Waals surface area contributed by atoms with Crippen molar-refractivity contribution in [3.63, 3.8) is 0 Å². The summed E-state index contributed by atoms with van der Waals surface area (Å²) in [4.78, 5) is 6.18. The lowest BCUT2D eigenvalue weighted by Gasteiger charge is -2.40. The van der Waals surface area contributed by atoms with E-state index < -0.39 is 0 Å². The Kier molecular flexibility index (Phi) is 7.16. The molecule has 0 saturated carbocycles. The van der Waals surface area contributed by atoms with E-state index in [-0.39, 0.29) is 0 Å². The monoisotopic (exact) mass is 496 g/mol. The molecule has 1 saturated heterocycles. The Morgan fingerprint density at radius 1 is 0.973 bits per heavy atom. The largest absolute Gasteiger partial charge is 0.493 e. The van der Waals surface area contributed by atoms with E-state index in [2.05, 4.69) is 52.5 Å². The predicted octanol–water partition coefficient (Wildman–Crippen LogP) is 6.93. The van der Waals surface area contributed by atoms with Crippen molar-refractivity contribution in [3.05, 3.63) is 89.6 Å². The molecule has 37 heavy (non-hydrogen) atoms. The Morgan fingerprint density at radius 3 is 2.62 bits per heavy atom. The van der Waals surface area contributed by atoms with Crippen LogP contribution < -0.4 is 9.47 Å². The van der Waals surface area contributed by atoms with Crippen LogP contribution >= 0.6 is 0 Å². The van der Waals surface area contributed by atoms with Crippen molar-refractivity contribution in [2.75, 3.05) is 33.4 Å². The molecule has 1 N–H and O–H groups in total. The maximum absolute atomic E-state index is 6.26. The van der Waals surface area contributed by atoms with Gasteiger partial charge in [0, 0.05) is 49.4 Å². The number of aryl methyl sites for hydroxylation is 1. The summed E-state index contributed by atoms with van der Waals surface area (Å²) in [6.07, 6.45) is 7.63. The Bertz CT molecular complexity index is 1330. The summed E-state index contributed by atoms with van der Waals surface area (Å²) in [6, 6.07) is 23.4. The lowest BCUT2D eigenvalue weighted by atomic mass is 9.87. The second-order valence-corrected chi connectivity index (χ2v) is 10.3. The number of H-pyrrole nitrogens is 1. The normalized spacial score (nSPS) is 18.6. The maximum atomic E-state index is 6.26. The van der Waals surface area contributed by atoms with E-state index >= 15 is 0 Å². The summed E-state index contributed by atoms with van der Waals surface area (Å²) < 4.78 is 17.8. The van der Waals surface area contributed by atoms with Crippen molar-refractivity contribution in [3.8, 4) is 17.2 Å². The molecule has 2 aliphatic heterocycles. The van der Waals surface area contributed by atoms with E-state index in [1.165, 1.54) is 27.6 Å². The zero-order valence-corrected chi connectivity index (χ0v) is 21.6. The molecule has 1 unspecified atom stereocenters. The second kappa shape index (κ2) is 11.0. The lowest BCUT2D eigenvalue weighted by molar-refractivity contribution is 0.0423. The number of ether oxygens (including phenoxy) is 3. The first-order valence-electron chi connectivity index (χ1n) is 13.6. The smallest absolute Gasteiger partial charge is 0.169 e. The number of methoxy groups -OCH3 is 1. The van der Waals surface area contributed by atoms with Gasteiger partial charge in [-0.1, -0.05) is 36.4 Å². The van der Waals surface area contributed by atoms with E-state index in [9.17, 15) is 0 Å². The van der Waals surface area contributed by atoms with Gasteiger partial charge < -0.3 is 19.2 Å². The third-order valence-corrected chi connectivity index (χ3v) is 8.06. The van der Waals surface area contributed by atoms with Gasteiger partial charge in [-0.2, -0.15) is 0 Å². The Labute approximate surface area is 219 Å². The maximum Gasteiger partial charge on any atom is 0.169 e. The number of rotatable bonds is 8. The predicted molar refractivity (Wildman–Crippen MR) is 148 cm³/mol. The fraction of sp³-hybridized carbons (Fsp3) is 0.375. The van der Waals surface area contributed by atoms with E-state index in [1.807, 2.05) is 30.3 Å². The minimum absolute atomic E-state index is 0.347. The van der Waals surface area contributed by atoms with Gasteiger partial charge in [-0.3, -0.25) is 4.90 Å². The minimum atomic E-state index is 0.347. The summed E-state index contributed by atoms with van der Waals surface area (Å²) >= 11 is 0. The molecule has 1 aromatic heterocycles. The van der Waals surface area contributed by atoms with E-state index in [0.29, 0.717) is 12.0 Å². The third-order valence-electron chi connectivity index (χ3n) is 8.06. The van der Waals surface area contributed by atoms with Gasteiger partial charge in [0.1, 0.15) is 5.75 Å². The average Bonchev–Trinajstić information content (AvgIpc) is 3.36. The fourth-order valence-electron chi connectivity index (χ4n) is 6.06. The lowest BCUT2D eigenvalue weighted by Crippen LogP contribution is -2.40. The standard InChI is InChI=1S/C32H36N2O3/c1-35-31-20-28-24(19-32(31)37-26-7-3-2-4-8-26)13-16-34(22-23-14-17-36-18-15-23)30(28)12-11-25-21-33-29-10-6-5-9-27(25)29/h2-10,19-21,23,30,33H,11-18,22H2,1H3. The zero-order valence-electron chi connectivity index (χ0n) is 21.6. The molecule has 6 rings (SSSR count). The van der Waals surface area contributed by atoms with Gasteiger partial charge in [0.05, 0.1) is 7.11 Å². The first-order valence-corrected chi connectivity index (χ1v) is 13.6. The molecule has 0 spiro atoms. The summed E-state index contributed by atoms with van der Waals surface area (Å²) in [6.45, 7) is 3.98. The summed E-state index contributed by atoms with van der Waals surface area (Å²) in [7, 11) is 1.74. The molecule has 5 nitrogen and oxygen atoms in total. The van der Waals surface area contributed by atoms with Crippen LogP contribution in [0.4, 0.5) is 0 Å². The van der Waals surface area contributed by atoms with Crippen LogP contribution in [0.3, 0.4) is 0 Å². The van der Waals surface area contributed by atoms with Gasteiger partial charge in [0.2, 0.25) is 0 Å². The van der Waals surface area contributed by atoms with Crippen LogP contribution in [-0.2, 0) is 17.6 Å². The Hall–Kier alpha value is -3.28. The van der Waals surface area contributed by atoms with Gasteiger partial charge in [0.15, 0.2) is 11.5 Å². The molecular weight excluding hydrogens is 460 g/mol. The number of aromatic nitrogens is 1. The molecule has 5 heteroatoms. The number of nitrogens with one attached hydrogen (secondary N) is 1. The highest BCUT2D eigenvalue weighted by molar-refractivity contribution is 5.83. The van der Waals surface area contributed by atoms with Crippen LogP contribution in [0, 0.1) is 5.92 Å². The number of hydrogen-bond donors (Lipinski definition) is 1. The molecule has 1 fully saturated rings. The zero-order chi connectivity index (χ0) is 25.0. The molecule has 0 bridgehead atoms. The van der Waals surface area contributed by atoms with Crippen molar-refractivity contribution in [1.82, 2.24) is 9.88 Å². The molecule has 3 aromatic carbocycles. The molecule has 0 aliphatic carbocycles. The van der Waals surface area contributed by atoms with Gasteiger partial charge in [-0.15, -0.1) is 0 Å². The van der Waals surface area contributed by atoms with Gasteiger partial charge in [-0.05, 0) is 85.0 Å². The van der Waals surface area contributed by atoms with E-state index in [4.69, 9.17) is 14.2 Å². The number of para-hydroxylation sites is 2. The van der Waals surface area contributed by atoms with Crippen molar-refractivity contribution in [2.24, 2.45) is 5.92 Å². The van der Waals surface area contributed by atoms with Gasteiger partial charge in [0.25, 0.3) is 0 Å². The van der Waals surface area contributed by atoms with Crippen molar-refractivity contribution >= 4 is 10.9 Å². The Balaban J connectivity index is 1.30. The van der Waals surface area contributed by atoms with Crippen LogP contribution in [-0.4, -0.2) is 43.3 Å². The van der Waals surface area contributed by atoms with E-state index in [0.717, 1.165) is 75.7 Å². The Morgan fingerprint density at radius 2 is 1.78 bits per heavy atom. The second-order valence-electron chi connectivity index (χ2n) is 10.3. The molecule has 2 aliphatic rings. The molecule has 0 amide bonds. The number of aromatic amines is 1. The first-order chi connectivity index (χ1) is 18.3. The summed E-state index contributed by atoms with van der Waals surface area (Å²) in [5.41, 5.74) is 5.36. The summed E-state index contributed by atoms with van der Waals surface area (Å²) in [5, 5.41) is 1.33. The number of benzene rings is 3. The molecular formula is C32H36N2O3. The SMILES string of the molecule is COc1cc2c(cc1Oc1ccccc1)CCN(CC1CCOCC1)C2CCc1c[nH]c2ccccc12. The van der Waals surface area contributed by atoms with Crippen LogP contribution in [0.25, 0.3) is 10.9 Å². The topological polar surface area (TPSA) is 46.7 Å². The minimum Gasteiger partial charge on any atom is -0.493 e. The van der Waals surface area contributed by atoms with Gasteiger partial charge in [-0.25, -0.2) is 0 Å². The third kappa shape index (κ3) is 5.25. The van der Waals surface area contributed by atoms with Crippen LogP contribution in [0.2, 0.25) is 0 Å². The highest BCUT2D eigenvalue weighted by Crippen LogP contribution is 2.42. The number of fused-ring (bicyclic) bond motifs is 2. The van der Waals surface area contributed by atoms with Crippen LogP contribution in [0.15, 0.2) is 72.9 Å². The highest BCUT2D eigenvalue weighted by Gasteiger charge is 2.31. The van der Waals surface area contributed by atoms with Crippen LogP contribution in [0.5, 0.6) is 17.2 Å². The molecule has 1 atom stereocenters. The van der Waals surface area contributed by atoms with Crippen molar-refractivity contribution in [2.45, 2.75) is 38.1 Å².